The standard InChI is InChI=1S/C11H9Cl3N4O/c1-2-15-10-16-9(14)17-11(18-10)19-8-4-3-6(12)5-7(8)13/h3-5H,2H2,1H3,(H,15,16,17,18). The van der Waals surface area contributed by atoms with Gasteiger partial charge >= 0.3 is 6.01 Å². The summed E-state index contributed by atoms with van der Waals surface area (Å²) in [5, 5.41) is 3.82. The van der Waals surface area contributed by atoms with Gasteiger partial charge in [0.25, 0.3) is 0 Å². The zero-order valence-electron chi connectivity index (χ0n) is 9.82. The third kappa shape index (κ3) is 3.83. The van der Waals surface area contributed by atoms with Crippen LogP contribution in [0.4, 0.5) is 5.95 Å². The maximum Gasteiger partial charge on any atom is 0.328 e. The van der Waals surface area contributed by atoms with Crippen molar-refractivity contribution in [3.63, 3.8) is 0 Å². The third-order valence-electron chi connectivity index (χ3n) is 2.02. The highest BCUT2D eigenvalue weighted by Crippen LogP contribution is 2.30. The Hall–Kier alpha value is -1.30. The lowest BCUT2D eigenvalue weighted by atomic mass is 10.3. The van der Waals surface area contributed by atoms with Crippen molar-refractivity contribution in [1.82, 2.24) is 15.0 Å². The van der Waals surface area contributed by atoms with E-state index in [2.05, 4.69) is 20.3 Å². The maximum absolute atomic E-state index is 5.99. The van der Waals surface area contributed by atoms with Gasteiger partial charge < -0.3 is 10.1 Å². The maximum atomic E-state index is 5.99. The van der Waals surface area contributed by atoms with Crippen LogP contribution < -0.4 is 10.1 Å². The van der Waals surface area contributed by atoms with E-state index >= 15 is 0 Å². The fraction of sp³-hybridized carbons (Fsp3) is 0.182. The number of hydrogen-bond acceptors (Lipinski definition) is 5. The van der Waals surface area contributed by atoms with Gasteiger partial charge in [-0.3, -0.25) is 0 Å². The second-order valence-corrected chi connectivity index (χ2v) is 4.60. The Morgan fingerprint density at radius 1 is 1.16 bits per heavy atom. The highest BCUT2D eigenvalue weighted by Gasteiger charge is 2.09. The molecule has 0 aliphatic carbocycles. The van der Waals surface area contributed by atoms with Crippen molar-refractivity contribution in [1.29, 1.82) is 0 Å². The number of rotatable bonds is 4. The van der Waals surface area contributed by atoms with Crippen molar-refractivity contribution in [3.8, 4) is 11.8 Å². The van der Waals surface area contributed by atoms with Crippen LogP contribution in [-0.2, 0) is 0 Å². The second-order valence-electron chi connectivity index (χ2n) is 3.42. The Labute approximate surface area is 124 Å². The molecule has 0 atom stereocenters. The Kier molecular flexibility index (Phi) is 4.63. The van der Waals surface area contributed by atoms with Crippen LogP contribution in [0, 0.1) is 0 Å². The lowest BCUT2D eigenvalue weighted by molar-refractivity contribution is 0.440. The number of benzene rings is 1. The van der Waals surface area contributed by atoms with Crippen LogP contribution >= 0.6 is 34.8 Å². The van der Waals surface area contributed by atoms with Gasteiger partial charge in [-0.2, -0.15) is 15.0 Å². The van der Waals surface area contributed by atoms with Gasteiger partial charge in [0.2, 0.25) is 11.2 Å². The van der Waals surface area contributed by atoms with E-state index in [1.165, 1.54) is 0 Å². The van der Waals surface area contributed by atoms with Crippen molar-refractivity contribution in [2.45, 2.75) is 6.92 Å². The number of anilines is 1. The molecule has 19 heavy (non-hydrogen) atoms. The molecular formula is C11H9Cl3N4O. The topological polar surface area (TPSA) is 59.9 Å². The van der Waals surface area contributed by atoms with Gasteiger partial charge in [0.05, 0.1) is 5.02 Å². The van der Waals surface area contributed by atoms with Gasteiger partial charge in [-0.25, -0.2) is 0 Å². The van der Waals surface area contributed by atoms with Crippen LogP contribution in [0.1, 0.15) is 6.92 Å². The van der Waals surface area contributed by atoms with E-state index in [0.717, 1.165) is 0 Å². The molecule has 0 bridgehead atoms. The van der Waals surface area contributed by atoms with Crippen molar-refractivity contribution in [2.75, 3.05) is 11.9 Å². The summed E-state index contributed by atoms with van der Waals surface area (Å²) in [6.45, 7) is 2.57. The highest BCUT2D eigenvalue weighted by molar-refractivity contribution is 6.35. The predicted molar refractivity (Wildman–Crippen MR) is 75.5 cm³/mol. The molecule has 1 aromatic carbocycles. The van der Waals surface area contributed by atoms with E-state index < -0.39 is 0 Å². The number of nitrogens with one attached hydrogen (secondary N) is 1. The first-order chi connectivity index (χ1) is 9.08. The molecule has 0 unspecified atom stereocenters. The Bertz CT molecular complexity index is 594. The van der Waals surface area contributed by atoms with Crippen LogP contribution in [0.2, 0.25) is 15.3 Å². The smallest absolute Gasteiger partial charge is 0.328 e. The van der Waals surface area contributed by atoms with Gasteiger partial charge in [-0.15, -0.1) is 0 Å². The molecule has 0 fully saturated rings. The molecule has 2 rings (SSSR count). The summed E-state index contributed by atoms with van der Waals surface area (Å²) >= 11 is 17.6. The molecule has 100 valence electrons. The first-order valence-electron chi connectivity index (χ1n) is 5.37. The van der Waals surface area contributed by atoms with Gasteiger partial charge in [0, 0.05) is 11.6 Å². The molecule has 0 aliphatic rings. The minimum absolute atomic E-state index is 0.0334. The molecule has 0 saturated carbocycles. The van der Waals surface area contributed by atoms with E-state index in [1.807, 2.05) is 6.92 Å². The molecule has 1 N–H and O–H groups in total. The normalized spacial score (nSPS) is 10.3. The van der Waals surface area contributed by atoms with E-state index in [4.69, 9.17) is 39.5 Å². The lowest BCUT2D eigenvalue weighted by Crippen LogP contribution is -2.04. The predicted octanol–water partition coefficient (Wildman–Crippen LogP) is 4.06. The minimum atomic E-state index is 0.0334. The number of aromatic nitrogens is 3. The van der Waals surface area contributed by atoms with Gasteiger partial charge in [0.15, 0.2) is 0 Å². The molecule has 0 aliphatic heterocycles. The fourth-order valence-electron chi connectivity index (χ4n) is 1.27. The zero-order chi connectivity index (χ0) is 13.8. The van der Waals surface area contributed by atoms with Crippen LogP contribution in [-0.4, -0.2) is 21.5 Å². The first kappa shape index (κ1) is 14.1. The van der Waals surface area contributed by atoms with Crippen molar-refractivity contribution in [2.24, 2.45) is 0 Å². The van der Waals surface area contributed by atoms with Crippen LogP contribution in [0.5, 0.6) is 11.8 Å². The summed E-state index contributed by atoms with van der Waals surface area (Å²) in [5.74, 6) is 0.721. The van der Waals surface area contributed by atoms with E-state index in [9.17, 15) is 0 Å². The SMILES string of the molecule is CCNc1nc(Cl)nc(Oc2ccc(Cl)cc2Cl)n1. The van der Waals surface area contributed by atoms with Gasteiger partial charge in [0.1, 0.15) is 5.75 Å². The monoisotopic (exact) mass is 318 g/mol. The molecule has 8 heteroatoms. The summed E-state index contributed by atoms with van der Waals surface area (Å²) in [6.07, 6.45) is 0. The first-order valence-corrected chi connectivity index (χ1v) is 6.50. The third-order valence-corrected chi connectivity index (χ3v) is 2.72. The van der Waals surface area contributed by atoms with E-state index in [1.54, 1.807) is 18.2 Å². The Balaban J connectivity index is 2.27. The molecule has 1 aromatic heterocycles. The molecule has 0 saturated heterocycles. The largest absolute Gasteiger partial charge is 0.423 e. The Morgan fingerprint density at radius 2 is 1.95 bits per heavy atom. The quantitative estimate of drug-likeness (QED) is 0.921. The molecule has 0 amide bonds. The van der Waals surface area contributed by atoms with Gasteiger partial charge in [-0.1, -0.05) is 23.2 Å². The average Bonchev–Trinajstić information content (AvgIpc) is 2.32. The summed E-state index contributed by atoms with van der Waals surface area (Å²) < 4.78 is 5.45. The molecule has 0 radical (unpaired) electrons. The second kappa shape index (κ2) is 6.23. The van der Waals surface area contributed by atoms with Crippen molar-refractivity contribution < 1.29 is 4.74 Å². The van der Waals surface area contributed by atoms with E-state index in [-0.39, 0.29) is 11.3 Å². The van der Waals surface area contributed by atoms with Crippen LogP contribution in [0.3, 0.4) is 0 Å². The summed E-state index contributed by atoms with van der Waals surface area (Å²) in [7, 11) is 0. The van der Waals surface area contributed by atoms with Crippen molar-refractivity contribution in [3.05, 3.63) is 33.5 Å². The lowest BCUT2D eigenvalue weighted by Gasteiger charge is -2.07. The summed E-state index contributed by atoms with van der Waals surface area (Å²) in [5.41, 5.74) is 0. The molecule has 2 aromatic rings. The zero-order valence-corrected chi connectivity index (χ0v) is 12.1. The number of nitrogens with zero attached hydrogens (tertiary/aromatic N) is 3. The average molecular weight is 320 g/mol. The molecule has 0 spiro atoms. The van der Waals surface area contributed by atoms with Gasteiger partial charge in [-0.05, 0) is 36.7 Å². The fourth-order valence-corrected chi connectivity index (χ4v) is 1.87. The number of hydrogen-bond donors (Lipinski definition) is 1. The molecule has 5 nitrogen and oxygen atoms in total. The van der Waals surface area contributed by atoms with Crippen LogP contribution in [0.15, 0.2) is 18.2 Å². The van der Waals surface area contributed by atoms with Crippen molar-refractivity contribution >= 4 is 40.8 Å². The summed E-state index contributed by atoms with van der Waals surface area (Å²) in [4.78, 5) is 11.8. The highest BCUT2D eigenvalue weighted by atomic mass is 35.5. The summed E-state index contributed by atoms with van der Waals surface area (Å²) in [6, 6.07) is 4.89. The molecular weight excluding hydrogens is 311 g/mol. The Morgan fingerprint density at radius 3 is 2.63 bits per heavy atom. The van der Waals surface area contributed by atoms with Crippen LogP contribution in [0.25, 0.3) is 0 Å². The number of ether oxygens (including phenoxy) is 1. The van der Waals surface area contributed by atoms with E-state index in [0.29, 0.717) is 28.3 Å². The molecule has 1 heterocycles. The minimum Gasteiger partial charge on any atom is -0.423 e. The number of halogens is 3.